The summed E-state index contributed by atoms with van der Waals surface area (Å²) in [6.45, 7) is 3.11. The van der Waals surface area contributed by atoms with Gasteiger partial charge in [0, 0.05) is 30.1 Å². The van der Waals surface area contributed by atoms with Crippen LogP contribution in [0.1, 0.15) is 61.1 Å². The summed E-state index contributed by atoms with van der Waals surface area (Å²) < 4.78 is 0. The normalized spacial score (nSPS) is 22.3. The highest BCUT2D eigenvalue weighted by molar-refractivity contribution is 6.31. The third-order valence-corrected chi connectivity index (χ3v) is 8.14. The van der Waals surface area contributed by atoms with Gasteiger partial charge in [-0.3, -0.25) is 0 Å². The number of likely N-dealkylation sites (N-methyl/N-ethyl adjacent to an activating group) is 1. The Hall–Kier alpha value is -1.39. The minimum Gasteiger partial charge on any atom is -0.389 e. The first-order valence-corrected chi connectivity index (χ1v) is 12.8. The van der Waals surface area contributed by atoms with Crippen LogP contribution in [-0.2, 0) is 12.8 Å². The van der Waals surface area contributed by atoms with Crippen LogP contribution < -0.4 is 0 Å². The van der Waals surface area contributed by atoms with E-state index in [0.717, 1.165) is 63.2 Å². The number of aryl methyl sites for hydroxylation is 2. The smallest absolute Gasteiger partial charge is 0.0728 e. The van der Waals surface area contributed by atoms with Crippen molar-refractivity contribution in [2.45, 2.75) is 68.9 Å². The minimum absolute atomic E-state index is 0.115. The number of benzene rings is 2. The zero-order valence-corrected chi connectivity index (χ0v) is 20.5. The highest BCUT2D eigenvalue weighted by Crippen LogP contribution is 2.42. The van der Waals surface area contributed by atoms with Crippen molar-refractivity contribution in [2.24, 2.45) is 0 Å². The lowest BCUT2D eigenvalue weighted by atomic mass is 9.72. The lowest BCUT2D eigenvalue weighted by molar-refractivity contribution is -0.0296. The topological polar surface area (TPSA) is 26.7 Å². The number of hydrogen-bond donors (Lipinski definition) is 1. The predicted molar refractivity (Wildman–Crippen MR) is 135 cm³/mol. The molecule has 1 unspecified atom stereocenters. The van der Waals surface area contributed by atoms with Gasteiger partial charge in [-0.15, -0.1) is 0 Å². The first kappa shape index (κ1) is 23.8. The van der Waals surface area contributed by atoms with E-state index < -0.39 is 5.60 Å². The molecule has 1 aliphatic carbocycles. The van der Waals surface area contributed by atoms with Crippen LogP contribution in [0.4, 0.5) is 0 Å². The Morgan fingerprint density at radius 1 is 1.06 bits per heavy atom. The van der Waals surface area contributed by atoms with Gasteiger partial charge in [-0.05, 0) is 75.5 Å². The van der Waals surface area contributed by atoms with Crippen molar-refractivity contribution in [1.82, 2.24) is 9.80 Å². The van der Waals surface area contributed by atoms with Crippen molar-refractivity contribution in [3.8, 4) is 0 Å². The Kier molecular flexibility index (Phi) is 7.94. The Bertz CT molecular complexity index is 863. The van der Waals surface area contributed by atoms with Gasteiger partial charge in [-0.25, -0.2) is 0 Å². The van der Waals surface area contributed by atoms with E-state index in [-0.39, 0.29) is 5.92 Å². The Morgan fingerprint density at radius 2 is 1.81 bits per heavy atom. The summed E-state index contributed by atoms with van der Waals surface area (Å²) in [5.41, 5.74) is 3.12. The molecule has 4 rings (SSSR count). The fraction of sp³-hybridized carbons (Fsp3) is 0.571. The maximum absolute atomic E-state index is 11.8. The van der Waals surface area contributed by atoms with Gasteiger partial charge in [0.05, 0.1) is 5.60 Å². The van der Waals surface area contributed by atoms with Crippen molar-refractivity contribution >= 4 is 11.6 Å². The van der Waals surface area contributed by atoms with Crippen LogP contribution in [0.3, 0.4) is 0 Å². The largest absolute Gasteiger partial charge is 0.389 e. The zero-order valence-electron chi connectivity index (χ0n) is 19.8. The zero-order chi connectivity index (χ0) is 22.6. The van der Waals surface area contributed by atoms with E-state index in [9.17, 15) is 5.11 Å². The molecule has 2 atom stereocenters. The molecule has 174 valence electrons. The molecule has 4 heteroatoms. The Labute approximate surface area is 199 Å². The number of aliphatic hydroxyl groups is 1. The fourth-order valence-corrected chi connectivity index (χ4v) is 5.95. The molecule has 3 nitrogen and oxygen atoms in total. The van der Waals surface area contributed by atoms with E-state index in [1.807, 2.05) is 0 Å². The van der Waals surface area contributed by atoms with Crippen LogP contribution in [0.2, 0.25) is 5.02 Å². The molecule has 1 aliphatic heterocycles. The van der Waals surface area contributed by atoms with Crippen LogP contribution in [0.15, 0.2) is 48.5 Å². The van der Waals surface area contributed by atoms with E-state index in [0.29, 0.717) is 6.04 Å². The molecule has 32 heavy (non-hydrogen) atoms. The molecule has 0 amide bonds. The molecule has 0 aromatic heterocycles. The number of nitrogens with zero attached hydrogens (tertiary/aromatic N) is 2. The van der Waals surface area contributed by atoms with Gasteiger partial charge in [0.1, 0.15) is 0 Å². The molecule has 0 radical (unpaired) electrons. The molecule has 1 saturated carbocycles. The number of likely N-dealkylation sites (tertiary alicyclic amines) is 1. The number of hydrogen-bond acceptors (Lipinski definition) is 3. The van der Waals surface area contributed by atoms with Crippen molar-refractivity contribution in [1.29, 1.82) is 0 Å². The standard InChI is InChI=1S/C28H39ClN2O/c1-30(2)25-15-18-31(20-25)21-26(28(32)16-7-4-8-17-28)24-14-13-23(27(29)19-24)12-11-22-9-5-3-6-10-22/h3,5-6,9-10,13-14,19,25-26,32H,4,7-8,11-12,15-18,20-21H2,1-2H3/t25-,26?/m1/s1. The Morgan fingerprint density at radius 3 is 2.47 bits per heavy atom. The first-order valence-electron chi connectivity index (χ1n) is 12.4. The van der Waals surface area contributed by atoms with E-state index >= 15 is 0 Å². The second-order valence-corrected chi connectivity index (χ2v) is 10.6. The van der Waals surface area contributed by atoms with Gasteiger partial charge < -0.3 is 14.9 Å². The lowest BCUT2D eigenvalue weighted by Crippen LogP contribution is -2.44. The summed E-state index contributed by atoms with van der Waals surface area (Å²) >= 11 is 6.80. The summed E-state index contributed by atoms with van der Waals surface area (Å²) in [6.07, 6.45) is 8.41. The summed E-state index contributed by atoms with van der Waals surface area (Å²) in [4.78, 5) is 4.89. The molecule has 1 N–H and O–H groups in total. The predicted octanol–water partition coefficient (Wildman–Crippen LogP) is 5.54. The van der Waals surface area contributed by atoms with Gasteiger partial charge in [-0.2, -0.15) is 0 Å². The average Bonchev–Trinajstić information content (AvgIpc) is 3.27. The molecule has 1 saturated heterocycles. The molecule has 2 aromatic carbocycles. The summed E-state index contributed by atoms with van der Waals surface area (Å²) in [5.74, 6) is 0.115. The van der Waals surface area contributed by atoms with Crippen molar-refractivity contribution < 1.29 is 5.11 Å². The molecule has 2 fully saturated rings. The molecule has 2 aliphatic rings. The molecule has 0 bridgehead atoms. The number of rotatable bonds is 8. The van der Waals surface area contributed by atoms with Crippen LogP contribution in [-0.4, -0.2) is 60.3 Å². The third kappa shape index (κ3) is 5.75. The van der Waals surface area contributed by atoms with Gasteiger partial charge in [-0.1, -0.05) is 73.3 Å². The molecular weight excluding hydrogens is 416 g/mol. The van der Waals surface area contributed by atoms with Crippen LogP contribution in [0, 0.1) is 0 Å². The monoisotopic (exact) mass is 454 g/mol. The fourth-order valence-electron chi connectivity index (χ4n) is 5.66. The van der Waals surface area contributed by atoms with Gasteiger partial charge in [0.2, 0.25) is 0 Å². The van der Waals surface area contributed by atoms with Gasteiger partial charge in [0.15, 0.2) is 0 Å². The second kappa shape index (κ2) is 10.7. The average molecular weight is 455 g/mol. The van der Waals surface area contributed by atoms with E-state index in [2.05, 4.69) is 72.4 Å². The van der Waals surface area contributed by atoms with Crippen LogP contribution >= 0.6 is 11.6 Å². The second-order valence-electron chi connectivity index (χ2n) is 10.2. The van der Waals surface area contributed by atoms with Crippen LogP contribution in [0.25, 0.3) is 0 Å². The summed E-state index contributed by atoms with van der Waals surface area (Å²) in [5, 5.41) is 12.6. The highest BCUT2D eigenvalue weighted by atomic mass is 35.5. The maximum Gasteiger partial charge on any atom is 0.0728 e. The van der Waals surface area contributed by atoms with Crippen molar-refractivity contribution in [3.05, 3.63) is 70.2 Å². The molecule has 1 heterocycles. The third-order valence-electron chi connectivity index (χ3n) is 7.79. The van der Waals surface area contributed by atoms with E-state index in [1.54, 1.807) is 0 Å². The van der Waals surface area contributed by atoms with E-state index in [1.165, 1.54) is 29.5 Å². The first-order chi connectivity index (χ1) is 15.4. The van der Waals surface area contributed by atoms with Gasteiger partial charge in [0.25, 0.3) is 0 Å². The van der Waals surface area contributed by atoms with Crippen molar-refractivity contribution in [3.63, 3.8) is 0 Å². The SMILES string of the molecule is CN(C)[C@@H]1CCN(CC(c2ccc(CCc3ccccc3)c(Cl)c2)C2(O)CCCCC2)C1. The summed E-state index contributed by atoms with van der Waals surface area (Å²) in [7, 11) is 4.35. The molecule has 2 aromatic rings. The van der Waals surface area contributed by atoms with E-state index in [4.69, 9.17) is 11.6 Å². The summed E-state index contributed by atoms with van der Waals surface area (Å²) in [6, 6.07) is 17.8. The lowest BCUT2D eigenvalue weighted by Gasteiger charge is -2.41. The molecular formula is C28H39ClN2O. The number of halogens is 1. The quantitative estimate of drug-likeness (QED) is 0.567. The van der Waals surface area contributed by atoms with Gasteiger partial charge >= 0.3 is 0 Å². The Balaban J connectivity index is 1.51. The van der Waals surface area contributed by atoms with Crippen LogP contribution in [0.5, 0.6) is 0 Å². The minimum atomic E-state index is -0.622. The highest BCUT2D eigenvalue weighted by Gasteiger charge is 2.40. The van der Waals surface area contributed by atoms with Crippen molar-refractivity contribution in [2.75, 3.05) is 33.7 Å². The maximum atomic E-state index is 11.8. The molecule has 0 spiro atoms.